The van der Waals surface area contributed by atoms with E-state index in [2.05, 4.69) is 118 Å². The first-order valence-corrected chi connectivity index (χ1v) is 30.7. The van der Waals surface area contributed by atoms with Crippen molar-refractivity contribution in [3.05, 3.63) is 97.2 Å². The summed E-state index contributed by atoms with van der Waals surface area (Å²) in [5.41, 5.74) is 0. The predicted molar refractivity (Wildman–Crippen MR) is 316 cm³/mol. The van der Waals surface area contributed by atoms with Crippen molar-refractivity contribution in [2.75, 3.05) is 13.2 Å². The SMILES string of the molecule is CC/C=C\C/C=C\C/C=C\C/C=C\C/C=C\CCCCCC(=O)OC[C@H](COC(=O)CCCCCCCCCCCCCCCCCCCCCCC)OC(=O)CCCC/C=C\C/C=C\C/C=C\CCCCC. The molecule has 0 aromatic carbocycles. The summed E-state index contributed by atoms with van der Waals surface area (Å²) in [6, 6.07) is 0. The lowest BCUT2D eigenvalue weighted by Gasteiger charge is -2.18. The van der Waals surface area contributed by atoms with Crippen molar-refractivity contribution >= 4 is 17.9 Å². The van der Waals surface area contributed by atoms with Crippen LogP contribution in [-0.4, -0.2) is 37.2 Å². The minimum absolute atomic E-state index is 0.102. The van der Waals surface area contributed by atoms with Crippen LogP contribution in [0.2, 0.25) is 0 Å². The predicted octanol–water partition coefficient (Wildman–Crippen LogP) is 20.9. The first-order valence-electron chi connectivity index (χ1n) is 30.7. The Hall–Kier alpha value is -3.67. The van der Waals surface area contributed by atoms with E-state index < -0.39 is 6.10 Å². The standard InChI is InChI=1S/C67H114O6/c1-4-7-10-13-16-19-22-25-28-30-32-33-35-37-40-42-45-48-51-54-57-60-66(69)72-63-64(73-67(70)61-58-55-52-49-46-43-38-27-24-21-18-15-12-9-6-3)62-71-65(68)59-56-53-50-47-44-41-39-36-34-31-29-26-23-20-17-14-11-8-5-2/h8,11,17-18,20-21,26-27,29,34,36,38,41,44,46,49,64H,4-7,9-10,12-16,19,22-25,28,30-33,35,37,39-40,42-43,45,47-48,50-63H2,1-3H3/b11-8-,20-17-,21-18-,29-26-,36-34-,38-27-,44-41-,49-46-/t64-/m1/s1. The highest BCUT2D eigenvalue weighted by Crippen LogP contribution is 2.16. The average molecular weight is 1020 g/mol. The molecule has 0 aliphatic carbocycles. The van der Waals surface area contributed by atoms with Crippen molar-refractivity contribution in [1.82, 2.24) is 0 Å². The van der Waals surface area contributed by atoms with E-state index >= 15 is 0 Å². The minimum Gasteiger partial charge on any atom is -0.462 e. The van der Waals surface area contributed by atoms with Crippen LogP contribution < -0.4 is 0 Å². The molecule has 0 aliphatic heterocycles. The fourth-order valence-electron chi connectivity index (χ4n) is 8.48. The van der Waals surface area contributed by atoms with Crippen LogP contribution in [0.1, 0.15) is 290 Å². The van der Waals surface area contributed by atoms with Gasteiger partial charge in [0.2, 0.25) is 0 Å². The number of carbonyl (C=O) groups is 3. The summed E-state index contributed by atoms with van der Waals surface area (Å²) in [7, 11) is 0. The van der Waals surface area contributed by atoms with Gasteiger partial charge in [-0.15, -0.1) is 0 Å². The Balaban J connectivity index is 4.43. The lowest BCUT2D eigenvalue weighted by molar-refractivity contribution is -0.167. The van der Waals surface area contributed by atoms with Crippen LogP contribution in [0.15, 0.2) is 97.2 Å². The molecule has 0 aliphatic rings. The molecule has 0 aromatic heterocycles. The fourth-order valence-corrected chi connectivity index (χ4v) is 8.48. The van der Waals surface area contributed by atoms with Gasteiger partial charge in [-0.3, -0.25) is 14.4 Å². The molecule has 0 amide bonds. The average Bonchev–Trinajstić information content (AvgIpc) is 3.39. The largest absolute Gasteiger partial charge is 0.462 e. The molecule has 0 fully saturated rings. The highest BCUT2D eigenvalue weighted by atomic mass is 16.6. The second-order valence-electron chi connectivity index (χ2n) is 20.2. The van der Waals surface area contributed by atoms with Crippen LogP contribution >= 0.6 is 0 Å². The molecular weight excluding hydrogens is 901 g/mol. The Bertz CT molecular complexity index is 1440. The highest BCUT2D eigenvalue weighted by molar-refractivity contribution is 5.71. The minimum atomic E-state index is -0.812. The molecule has 0 aromatic rings. The van der Waals surface area contributed by atoms with Crippen molar-refractivity contribution in [2.24, 2.45) is 0 Å². The van der Waals surface area contributed by atoms with Crippen molar-refractivity contribution in [3.63, 3.8) is 0 Å². The highest BCUT2D eigenvalue weighted by Gasteiger charge is 2.19. The second-order valence-corrected chi connectivity index (χ2v) is 20.2. The molecule has 73 heavy (non-hydrogen) atoms. The number of esters is 3. The Morgan fingerprint density at radius 2 is 0.534 bits per heavy atom. The van der Waals surface area contributed by atoms with Crippen LogP contribution in [0.3, 0.4) is 0 Å². The zero-order valence-corrected chi connectivity index (χ0v) is 47.9. The van der Waals surface area contributed by atoms with Crippen LogP contribution in [0, 0.1) is 0 Å². The summed E-state index contributed by atoms with van der Waals surface area (Å²) in [6.07, 6.45) is 81.3. The van der Waals surface area contributed by atoms with E-state index in [0.29, 0.717) is 19.3 Å². The van der Waals surface area contributed by atoms with Gasteiger partial charge < -0.3 is 14.2 Å². The number of carbonyl (C=O) groups excluding carboxylic acids is 3. The van der Waals surface area contributed by atoms with E-state index in [1.54, 1.807) is 0 Å². The maximum absolute atomic E-state index is 12.9. The first-order chi connectivity index (χ1) is 36.0. The summed E-state index contributed by atoms with van der Waals surface area (Å²) in [6.45, 7) is 6.46. The number of allylic oxidation sites excluding steroid dienone is 16. The zero-order chi connectivity index (χ0) is 52.9. The van der Waals surface area contributed by atoms with Gasteiger partial charge in [0.05, 0.1) is 0 Å². The topological polar surface area (TPSA) is 78.9 Å². The van der Waals surface area contributed by atoms with E-state index in [9.17, 15) is 14.4 Å². The normalized spacial score (nSPS) is 12.8. The lowest BCUT2D eigenvalue weighted by Crippen LogP contribution is -2.30. The molecule has 0 heterocycles. The fraction of sp³-hybridized carbons (Fsp3) is 0.716. The third-order valence-electron chi connectivity index (χ3n) is 13.1. The van der Waals surface area contributed by atoms with Gasteiger partial charge in [0.25, 0.3) is 0 Å². The molecule has 418 valence electrons. The number of rotatable bonds is 55. The molecule has 6 heteroatoms. The maximum Gasteiger partial charge on any atom is 0.306 e. The first kappa shape index (κ1) is 69.3. The lowest BCUT2D eigenvalue weighted by atomic mass is 10.0. The molecule has 1 atom stereocenters. The molecule has 0 radical (unpaired) electrons. The van der Waals surface area contributed by atoms with Crippen molar-refractivity contribution in [3.8, 4) is 0 Å². The Labute approximate surface area is 451 Å². The quantitative estimate of drug-likeness (QED) is 0.0261. The van der Waals surface area contributed by atoms with Crippen molar-refractivity contribution in [2.45, 2.75) is 297 Å². The number of hydrogen-bond donors (Lipinski definition) is 0. The molecule has 0 N–H and O–H groups in total. The van der Waals surface area contributed by atoms with Gasteiger partial charge in [-0.1, -0.05) is 266 Å². The summed E-state index contributed by atoms with van der Waals surface area (Å²) in [5.74, 6) is -0.966. The molecule has 6 nitrogen and oxygen atoms in total. The van der Waals surface area contributed by atoms with E-state index in [4.69, 9.17) is 14.2 Å². The van der Waals surface area contributed by atoms with E-state index in [1.807, 2.05) is 0 Å². The van der Waals surface area contributed by atoms with E-state index in [-0.39, 0.29) is 37.5 Å². The number of hydrogen-bond acceptors (Lipinski definition) is 6. The van der Waals surface area contributed by atoms with Gasteiger partial charge in [0.1, 0.15) is 13.2 Å². The van der Waals surface area contributed by atoms with Gasteiger partial charge in [-0.2, -0.15) is 0 Å². The zero-order valence-electron chi connectivity index (χ0n) is 47.9. The smallest absolute Gasteiger partial charge is 0.306 e. The van der Waals surface area contributed by atoms with Crippen LogP contribution in [-0.2, 0) is 28.6 Å². The monoisotopic (exact) mass is 1010 g/mol. The summed E-state index contributed by atoms with van der Waals surface area (Å²) in [4.78, 5) is 38.2. The molecule has 0 saturated heterocycles. The number of ether oxygens (including phenoxy) is 3. The summed E-state index contributed by atoms with van der Waals surface area (Å²) >= 11 is 0. The van der Waals surface area contributed by atoms with Crippen molar-refractivity contribution < 1.29 is 28.6 Å². The Morgan fingerprint density at radius 1 is 0.288 bits per heavy atom. The van der Waals surface area contributed by atoms with Gasteiger partial charge in [0.15, 0.2) is 6.10 Å². The van der Waals surface area contributed by atoms with Gasteiger partial charge in [-0.25, -0.2) is 0 Å². The Kier molecular flexibility index (Phi) is 57.8. The molecule has 0 spiro atoms. The summed E-state index contributed by atoms with van der Waals surface area (Å²) < 4.78 is 16.8. The number of unbranched alkanes of at least 4 members (excludes halogenated alkanes) is 28. The summed E-state index contributed by atoms with van der Waals surface area (Å²) in [5, 5.41) is 0. The van der Waals surface area contributed by atoms with Crippen molar-refractivity contribution in [1.29, 1.82) is 0 Å². The molecule has 0 unspecified atom stereocenters. The van der Waals surface area contributed by atoms with Crippen LogP contribution in [0.4, 0.5) is 0 Å². The third kappa shape index (κ3) is 59.1. The Morgan fingerprint density at radius 3 is 0.890 bits per heavy atom. The van der Waals surface area contributed by atoms with Gasteiger partial charge in [0, 0.05) is 19.3 Å². The second kappa shape index (κ2) is 60.9. The molecule has 0 saturated carbocycles. The molecular formula is C67H114O6. The molecule has 0 rings (SSSR count). The van der Waals surface area contributed by atoms with E-state index in [0.717, 1.165) is 103 Å². The van der Waals surface area contributed by atoms with Crippen LogP contribution in [0.5, 0.6) is 0 Å². The maximum atomic E-state index is 12.9. The third-order valence-corrected chi connectivity index (χ3v) is 13.1. The van der Waals surface area contributed by atoms with Gasteiger partial charge in [-0.05, 0) is 103 Å². The van der Waals surface area contributed by atoms with Gasteiger partial charge >= 0.3 is 17.9 Å². The van der Waals surface area contributed by atoms with Crippen LogP contribution in [0.25, 0.3) is 0 Å². The molecule has 0 bridgehead atoms. The van der Waals surface area contributed by atoms with E-state index in [1.165, 1.54) is 141 Å².